The van der Waals surface area contributed by atoms with Gasteiger partial charge in [-0.15, -0.1) is 179 Å². The molecule has 0 atom stereocenters. The summed E-state index contributed by atoms with van der Waals surface area (Å²) >= 11 is 0. The van der Waals surface area contributed by atoms with E-state index in [1.807, 2.05) is 140 Å². The molecule has 0 bridgehead atoms. The van der Waals surface area contributed by atoms with E-state index in [9.17, 15) is 0 Å². The fourth-order valence-electron chi connectivity index (χ4n) is 18.3. The summed E-state index contributed by atoms with van der Waals surface area (Å²) in [7, 11) is -1.45. The fourth-order valence-corrected chi connectivity index (χ4v) is 19.9. The summed E-state index contributed by atoms with van der Waals surface area (Å²) in [5.41, 5.74) is 29.0. The van der Waals surface area contributed by atoms with Gasteiger partial charge in [-0.25, -0.2) is 0 Å². The van der Waals surface area contributed by atoms with Crippen molar-refractivity contribution < 1.29 is 60.3 Å². The van der Waals surface area contributed by atoms with E-state index in [1.165, 1.54) is 142 Å². The summed E-state index contributed by atoms with van der Waals surface area (Å²) in [6.45, 7) is 23.0. The van der Waals surface area contributed by atoms with Crippen molar-refractivity contribution in [2.24, 2.45) is 17.8 Å². The molecule has 3 radical (unpaired) electrons. The molecule has 12 aromatic carbocycles. The van der Waals surface area contributed by atoms with Gasteiger partial charge in [-0.1, -0.05) is 258 Å². The van der Waals surface area contributed by atoms with Crippen molar-refractivity contribution in [1.82, 2.24) is 43.1 Å². The topological polar surface area (TPSA) is 90.6 Å². The SMILES string of the molecule is CC(C)Cc1cc(-c2[c-]cc3c(c2)c2cccc4c5ccccc5n3c24)ncc1[Si](C)(C)C.CC(C)Cc1ccnc(-c2[c-]cc3c(c2)c2cccc4c5ccccc5n3c24)c1.Cc1cnc(-c2[c-]cc3c(c2)c2cccc4c5ccccc5n3c24)cc1CC(C)C.[Ir].[Ir].[Ir].[c-]1ccccc1-c1ccccn1.[c-]1ccccc1-c1ccccn1.[c-]1ccccc1-c1ccccn1. The number of rotatable bonds is 13. The van der Waals surface area contributed by atoms with Gasteiger partial charge in [0.1, 0.15) is 0 Å². The normalized spacial score (nSPS) is 11.4. The summed E-state index contributed by atoms with van der Waals surface area (Å²) in [5, 5.41) is 17.0. The molecule has 0 fully saturated rings. The molecule has 0 unspecified atom stereocenters. The van der Waals surface area contributed by atoms with Gasteiger partial charge in [0.2, 0.25) is 0 Å². The minimum absolute atomic E-state index is 0. The average molecular weight is 2250 g/mol. The number of fused-ring (bicyclic) bond motifs is 18. The first-order valence-corrected chi connectivity index (χ1v) is 47.9. The number of aromatic nitrogens is 9. The Hall–Kier alpha value is -12.9. The summed E-state index contributed by atoms with van der Waals surface area (Å²) < 4.78 is 7.18. The summed E-state index contributed by atoms with van der Waals surface area (Å²) in [6.07, 6.45) is 14.7. The summed E-state index contributed by atoms with van der Waals surface area (Å²) in [4.78, 5) is 27.0. The summed E-state index contributed by atoms with van der Waals surface area (Å²) in [5.74, 6) is 1.88. The fraction of sp³-hybridized carbons (Fsp3) is 0.136. The van der Waals surface area contributed by atoms with Crippen LogP contribution in [0.15, 0.2) is 353 Å². The third-order valence-corrected chi connectivity index (χ3v) is 26.0. The van der Waals surface area contributed by atoms with E-state index in [-0.39, 0.29) is 60.3 Å². The third-order valence-electron chi connectivity index (χ3n) is 24.0. The second-order valence-corrected chi connectivity index (χ2v) is 40.4. The number of benzene rings is 12. The van der Waals surface area contributed by atoms with Gasteiger partial charge in [0.15, 0.2) is 0 Å². The Labute approximate surface area is 807 Å². The number of pyridine rings is 6. The van der Waals surface area contributed by atoms with Crippen LogP contribution >= 0.6 is 0 Å². The molecule has 131 heavy (non-hydrogen) atoms. The van der Waals surface area contributed by atoms with E-state index >= 15 is 0 Å². The molecule has 24 rings (SSSR count). The van der Waals surface area contributed by atoms with Crippen LogP contribution in [0, 0.1) is 61.1 Å². The van der Waals surface area contributed by atoms with Gasteiger partial charge < -0.3 is 43.1 Å². The van der Waals surface area contributed by atoms with Crippen molar-refractivity contribution in [1.29, 1.82) is 0 Å². The van der Waals surface area contributed by atoms with Crippen molar-refractivity contribution in [3.8, 4) is 67.5 Å². The number of para-hydroxylation sites is 6. The Kier molecular flexibility index (Phi) is 28.1. The van der Waals surface area contributed by atoms with Crippen LogP contribution in [-0.2, 0) is 79.6 Å². The molecule has 0 spiro atoms. The number of hydrogen-bond acceptors (Lipinski definition) is 6. The van der Waals surface area contributed by atoms with Gasteiger partial charge in [0.25, 0.3) is 0 Å². The van der Waals surface area contributed by atoms with Crippen LogP contribution in [0.5, 0.6) is 0 Å². The number of nitrogens with zero attached hydrogens (tertiary/aromatic N) is 9. The van der Waals surface area contributed by atoms with Crippen molar-refractivity contribution in [3.63, 3.8) is 0 Å². The zero-order chi connectivity index (χ0) is 87.5. The van der Waals surface area contributed by atoms with Crippen LogP contribution in [0.2, 0.25) is 19.6 Å². The molecule has 0 N–H and O–H groups in total. The average Bonchev–Trinajstić information content (AvgIpc) is 1.56. The monoisotopic (exact) mass is 2250 g/mol. The van der Waals surface area contributed by atoms with E-state index in [2.05, 4.69) is 332 Å². The van der Waals surface area contributed by atoms with Crippen molar-refractivity contribution in [2.75, 3.05) is 0 Å². The first-order valence-electron chi connectivity index (χ1n) is 44.4. The maximum Gasteiger partial charge on any atom is 0.0798 e. The maximum atomic E-state index is 4.94. The molecule has 0 saturated carbocycles. The van der Waals surface area contributed by atoms with Crippen LogP contribution in [0.25, 0.3) is 182 Å². The molecule has 0 amide bonds. The molecular formula is C118H97Ir3N9Si-6. The van der Waals surface area contributed by atoms with E-state index in [4.69, 9.17) is 9.97 Å². The second kappa shape index (κ2) is 40.2. The predicted octanol–water partition coefficient (Wildman–Crippen LogP) is 29.2. The zero-order valence-electron chi connectivity index (χ0n) is 74.9. The Morgan fingerprint density at radius 1 is 0.267 bits per heavy atom. The Morgan fingerprint density at radius 2 is 0.588 bits per heavy atom. The molecule has 0 aliphatic rings. The standard InChI is InChI=1S/C30H29N2Si.C28H23N2.C27H21N2.3C11H8N.3Ir/c1-19(2)15-21-17-26(31-18-29(21)33(3,4)5)20-13-14-28-25(16-20)24-11-8-10-23-22-9-6-7-12-27(22)32(28)30(23)24;1-17(2)13-20-15-25(29-16-18(20)3)19-11-12-27-24(14-19)23-9-6-8-22-21-7-4-5-10-26(21)30(27)28(22)23;1-17(2)14-18-12-13-28-24(15-18)19-10-11-26-23(16-19)22-8-5-7-21-20-6-3-4-9-25(20)29(26)27(21)22;3*1-2-6-10(7-3-1)11-8-4-5-9-12-11;;;/h6-12,14,16-19H,15H2,1-5H3;4-10,12,14-17H,13H2,1-3H3;3-9,11-13,15-17H,14H2,1-2H3;3*1-6,8-9H;;;/q6*-1;;;. The van der Waals surface area contributed by atoms with Gasteiger partial charge in [-0.2, -0.15) is 0 Å². The van der Waals surface area contributed by atoms with Crippen LogP contribution in [0.1, 0.15) is 63.8 Å². The van der Waals surface area contributed by atoms with E-state index in [0.717, 1.165) is 86.8 Å². The van der Waals surface area contributed by atoms with Gasteiger partial charge in [-0.3, -0.25) is 0 Å². The quantitative estimate of drug-likeness (QED) is 0.0844. The van der Waals surface area contributed by atoms with Crippen molar-refractivity contribution >= 4 is 128 Å². The predicted molar refractivity (Wildman–Crippen MR) is 538 cm³/mol. The van der Waals surface area contributed by atoms with Crippen LogP contribution in [0.4, 0.5) is 0 Å². The molecular weight excluding hydrogens is 2150 g/mol. The first kappa shape index (κ1) is 91.4. The number of aryl methyl sites for hydroxylation is 1. The molecule has 13 heteroatoms. The maximum absolute atomic E-state index is 4.94. The molecule has 0 aliphatic heterocycles. The molecule has 651 valence electrons. The Balaban J connectivity index is 0.000000120. The van der Waals surface area contributed by atoms with Crippen LogP contribution < -0.4 is 5.19 Å². The van der Waals surface area contributed by atoms with Gasteiger partial charge in [0, 0.05) is 146 Å². The van der Waals surface area contributed by atoms with Gasteiger partial charge in [-0.05, 0) is 164 Å². The van der Waals surface area contributed by atoms with Gasteiger partial charge in [0.05, 0.1) is 24.6 Å². The van der Waals surface area contributed by atoms with E-state index in [1.54, 1.807) is 18.6 Å². The number of hydrogen-bond donors (Lipinski definition) is 0. The zero-order valence-corrected chi connectivity index (χ0v) is 83.0. The minimum atomic E-state index is -1.45. The van der Waals surface area contributed by atoms with Crippen LogP contribution in [0.3, 0.4) is 0 Å². The third kappa shape index (κ3) is 18.8. The molecule has 12 aromatic heterocycles. The molecule has 24 aromatic rings. The smallest absolute Gasteiger partial charge is 0.0798 e. The Bertz CT molecular complexity index is 7700. The van der Waals surface area contributed by atoms with Crippen molar-refractivity contribution in [2.45, 2.75) is 87.4 Å². The van der Waals surface area contributed by atoms with E-state index < -0.39 is 8.07 Å². The molecule has 0 saturated heterocycles. The minimum Gasteiger partial charge on any atom is -0.350 e. The van der Waals surface area contributed by atoms with Gasteiger partial charge >= 0.3 is 0 Å². The molecule has 12 heterocycles. The summed E-state index contributed by atoms with van der Waals surface area (Å²) in [6, 6.07) is 129. The Morgan fingerprint density at radius 3 is 0.939 bits per heavy atom. The van der Waals surface area contributed by atoms with Crippen LogP contribution in [-0.4, -0.2) is 51.2 Å². The second-order valence-electron chi connectivity index (χ2n) is 35.4. The molecule has 0 aliphatic carbocycles. The first-order chi connectivity index (χ1) is 62.5. The largest absolute Gasteiger partial charge is 0.350 e. The van der Waals surface area contributed by atoms with Crippen molar-refractivity contribution in [3.05, 3.63) is 411 Å². The molecule has 9 nitrogen and oxygen atoms in total. The van der Waals surface area contributed by atoms with E-state index in [0.29, 0.717) is 17.8 Å².